The lowest BCUT2D eigenvalue weighted by Gasteiger charge is -2.28. The number of aliphatic carboxylic acids is 1. The van der Waals surface area contributed by atoms with Gasteiger partial charge >= 0.3 is 11.9 Å². The van der Waals surface area contributed by atoms with Crippen LogP contribution >= 0.6 is 68.0 Å². The molecule has 0 aliphatic carbocycles. The molecule has 31 heteroatoms. The first kappa shape index (κ1) is 65.6. The van der Waals surface area contributed by atoms with Gasteiger partial charge in [-0.05, 0) is 42.3 Å². The number of amides is 4. The van der Waals surface area contributed by atoms with Crippen LogP contribution in [0.3, 0.4) is 0 Å². The maximum Gasteiger partial charge on any atom is 0.331 e. The molecule has 11 N–H and O–H groups in total. The lowest BCUT2D eigenvalue weighted by Crippen LogP contribution is -2.46. The molecule has 0 fully saturated rings. The number of ketones is 2. The summed E-state index contributed by atoms with van der Waals surface area (Å²) in [7, 11) is 0. The van der Waals surface area contributed by atoms with Gasteiger partial charge in [0.25, 0.3) is 17.7 Å². The Kier molecular flexibility index (Phi) is 20.3. The van der Waals surface area contributed by atoms with Crippen LogP contribution in [0.2, 0.25) is 0 Å². The van der Waals surface area contributed by atoms with Crippen molar-refractivity contribution in [2.24, 2.45) is 17.4 Å². The maximum atomic E-state index is 14.6. The van der Waals surface area contributed by atoms with E-state index in [1.54, 1.807) is 79.2 Å². The number of carboxylic acid groups (broad SMARTS) is 1. The molecule has 10 bridgehead atoms. The van der Waals surface area contributed by atoms with Crippen molar-refractivity contribution < 1.29 is 63.5 Å². The molecule has 7 aromatic heterocycles. The summed E-state index contributed by atoms with van der Waals surface area (Å²) in [6.07, 6.45) is -4.10. The van der Waals surface area contributed by atoms with E-state index in [0.29, 0.717) is 48.0 Å². The minimum Gasteiger partial charge on any atom is -0.508 e. The Hall–Kier alpha value is -9.31. The van der Waals surface area contributed by atoms with Gasteiger partial charge in [-0.1, -0.05) is 62.5 Å². The summed E-state index contributed by atoms with van der Waals surface area (Å²) >= 11 is 6.57. The summed E-state index contributed by atoms with van der Waals surface area (Å²) < 4.78 is 5.98. The number of thiazole rings is 6. The Morgan fingerprint density at radius 3 is 2.08 bits per heavy atom. The number of carbonyl (C=O) groups excluding carboxylic acids is 7. The molecule has 9 aromatic rings. The second kappa shape index (κ2) is 28.5. The van der Waals surface area contributed by atoms with Gasteiger partial charge in [-0.25, -0.2) is 44.5 Å². The topological polar surface area (TPSA) is 405 Å². The number of aromatic nitrogens is 7. The summed E-state index contributed by atoms with van der Waals surface area (Å²) in [5.74, 6) is -8.66. The van der Waals surface area contributed by atoms with Crippen molar-refractivity contribution in [2.45, 2.75) is 75.8 Å². The number of hydrogen-bond acceptors (Lipinski definition) is 26. The number of carboxylic acids is 1. The standard InChI is InChI=1S/C61H54N12O13S6/c1-26(60(83)84)16-43(76)28(3)64-51(80)39-24-90-56(71-39)35-15-14-33-49(65-35)38-21-89-57(68-38)42-25-91-59(72-42)47(63)27(2)45(20-74)86-61(85)37(17-30-10-12-32(75)13-11-30)67-53(82)41-23-88-55(70-41)34(50(79)31-8-6-5-7-9-31)18-44(77)48-29(4)92-58(73-48)36(19-46(62)78)66-52(81)40-22-87-54(33)69-40/h5-15,21-25,27,34,36-37,45,47,50,74-75,79H,1,3,16-20,63H2,2,4H3,(H2,62,78)(H,64,80)(H,66,81)(H,67,82)(H,83,84). The number of ether oxygens (including phenoxy) is 1. The number of phenolic OH excluding ortho intramolecular Hbond substituents is 1. The van der Waals surface area contributed by atoms with E-state index in [2.05, 4.69) is 44.1 Å². The van der Waals surface area contributed by atoms with Crippen LogP contribution in [-0.4, -0.2) is 121 Å². The number of aliphatic hydroxyl groups excluding tert-OH is 2. The summed E-state index contributed by atoms with van der Waals surface area (Å²) in [5, 5.41) is 59.4. The number of fused-ring (bicyclic) bond motifs is 14. The van der Waals surface area contributed by atoms with Crippen LogP contribution in [0, 0.1) is 12.8 Å². The number of phenols is 1. The van der Waals surface area contributed by atoms with Crippen molar-refractivity contribution >= 4 is 115 Å². The number of carbonyl (C=O) groups is 8. The Bertz CT molecular complexity index is 4340. The number of esters is 1. The third-order valence-electron chi connectivity index (χ3n) is 14.5. The highest BCUT2D eigenvalue weighted by molar-refractivity contribution is 7.15. The quantitative estimate of drug-likeness (QED) is 0.0372. The van der Waals surface area contributed by atoms with Crippen LogP contribution < -0.4 is 27.4 Å². The Morgan fingerprint density at radius 1 is 0.728 bits per heavy atom. The van der Waals surface area contributed by atoms with E-state index in [1.807, 2.05) is 0 Å². The third-order valence-corrected chi connectivity index (χ3v) is 20.1. The SMILES string of the molecule is C=C(CC(=O)C(=C)NC(=O)c1csc(-c2ccc3c(n2)-c2csc(n2)-c2csc(n2)C(N)C(C)C(CO)OC(=O)C(Cc2ccc(O)cc2)NC(=O)c2csc(n2)C(C(O)c2ccccc2)CC(=O)c2nc(sc2C)C(CC(N)=O)NC(=O)c2csc-3n2)n1)C(=O)O. The number of benzene rings is 2. The van der Waals surface area contributed by atoms with Crippen LogP contribution in [0.25, 0.3) is 43.4 Å². The molecule has 25 nitrogen and oxygen atoms in total. The highest BCUT2D eigenvalue weighted by atomic mass is 32.1. The van der Waals surface area contributed by atoms with Gasteiger partial charge in [-0.3, -0.25) is 28.8 Å². The molecule has 10 rings (SSSR count). The first-order chi connectivity index (χ1) is 44.0. The maximum absolute atomic E-state index is 14.6. The van der Waals surface area contributed by atoms with Gasteiger partial charge in [0.15, 0.2) is 11.6 Å². The van der Waals surface area contributed by atoms with Gasteiger partial charge in [0.2, 0.25) is 5.91 Å². The van der Waals surface area contributed by atoms with Crippen molar-refractivity contribution in [3.8, 4) is 49.1 Å². The van der Waals surface area contributed by atoms with E-state index in [4.69, 9.17) is 36.1 Å². The lowest BCUT2D eigenvalue weighted by molar-refractivity contribution is -0.157. The Balaban J connectivity index is 1.02. The van der Waals surface area contributed by atoms with Crippen LogP contribution in [0.4, 0.5) is 0 Å². The Labute approximate surface area is 546 Å². The number of Topliss-reactive ketones (excluding diaryl/α,β-unsaturated/α-hetero) is 2. The summed E-state index contributed by atoms with van der Waals surface area (Å²) in [5.41, 5.74) is 14.1. The molecule has 0 saturated carbocycles. The first-order valence-electron chi connectivity index (χ1n) is 27.7. The number of aryl methyl sites for hydroxylation is 1. The zero-order valence-corrected chi connectivity index (χ0v) is 53.3. The van der Waals surface area contributed by atoms with Gasteiger partial charge in [-0.2, -0.15) is 0 Å². The minimum atomic E-state index is -1.40. The van der Waals surface area contributed by atoms with E-state index >= 15 is 0 Å². The lowest BCUT2D eigenvalue weighted by atomic mass is 9.90. The number of rotatable bonds is 14. The molecule has 0 radical (unpaired) electrons. The average Bonchev–Trinajstić information content (AvgIpc) is 1.65. The fourth-order valence-corrected chi connectivity index (χ4v) is 14.7. The second-order valence-corrected chi connectivity index (χ2v) is 26.6. The van der Waals surface area contributed by atoms with Crippen molar-refractivity contribution in [2.75, 3.05) is 6.61 Å². The van der Waals surface area contributed by atoms with E-state index in [9.17, 15) is 58.8 Å². The van der Waals surface area contributed by atoms with E-state index in [1.165, 1.54) is 50.9 Å². The summed E-state index contributed by atoms with van der Waals surface area (Å²) in [6.45, 7) is 9.55. The number of primary amides is 1. The fraction of sp³-hybridized carbons (Fsp3) is 0.230. The molecule has 2 aromatic carbocycles. The van der Waals surface area contributed by atoms with Crippen LogP contribution in [0.1, 0.15) is 123 Å². The average molecular weight is 1360 g/mol. The molecule has 0 saturated heterocycles. The molecule has 7 atom stereocenters. The number of nitrogens with zero attached hydrogens (tertiary/aromatic N) is 7. The van der Waals surface area contributed by atoms with Crippen molar-refractivity contribution in [1.29, 1.82) is 0 Å². The molecule has 0 spiro atoms. The first-order valence-corrected chi connectivity index (χ1v) is 33.0. The van der Waals surface area contributed by atoms with Gasteiger partial charge in [0.05, 0.1) is 47.6 Å². The molecule has 1 aliphatic heterocycles. The van der Waals surface area contributed by atoms with E-state index in [-0.39, 0.29) is 73.5 Å². The number of aromatic hydroxyl groups is 1. The van der Waals surface area contributed by atoms with Crippen LogP contribution in [0.5, 0.6) is 5.75 Å². The van der Waals surface area contributed by atoms with Crippen molar-refractivity contribution in [1.82, 2.24) is 50.8 Å². The largest absolute Gasteiger partial charge is 0.508 e. The second-order valence-electron chi connectivity index (χ2n) is 21.0. The molecule has 7 unspecified atom stereocenters. The predicted octanol–water partition coefficient (Wildman–Crippen LogP) is 7.68. The molecule has 92 heavy (non-hydrogen) atoms. The zero-order valence-electron chi connectivity index (χ0n) is 48.4. The molecular formula is C61H54N12O13S6. The number of pyridine rings is 1. The molecule has 4 amide bonds. The number of allylic oxidation sites excluding steroid dienone is 1. The van der Waals surface area contributed by atoms with Gasteiger partial charge in [0.1, 0.15) is 82.8 Å². The van der Waals surface area contributed by atoms with E-state index in [0.717, 1.165) is 45.3 Å². The molecule has 472 valence electrons. The van der Waals surface area contributed by atoms with Gasteiger partial charge in [-0.15, -0.1) is 68.0 Å². The highest BCUT2D eigenvalue weighted by Crippen LogP contribution is 2.41. The molecule has 1 aliphatic rings. The summed E-state index contributed by atoms with van der Waals surface area (Å²) in [4.78, 5) is 141. The molecule has 8 heterocycles. The van der Waals surface area contributed by atoms with Crippen molar-refractivity contribution in [3.05, 3.63) is 172 Å². The van der Waals surface area contributed by atoms with Gasteiger partial charge < -0.3 is 52.6 Å². The smallest absolute Gasteiger partial charge is 0.331 e. The van der Waals surface area contributed by atoms with E-state index < -0.39 is 114 Å². The number of nitrogens with one attached hydrogen (secondary N) is 3. The number of cyclic esters (lactones) is 1. The predicted molar refractivity (Wildman–Crippen MR) is 344 cm³/mol. The fourth-order valence-electron chi connectivity index (χ4n) is 9.45. The molecular weight excluding hydrogens is 1300 g/mol. The number of hydrogen-bond donors (Lipinski definition) is 9. The number of aliphatic hydroxyl groups is 2. The zero-order chi connectivity index (χ0) is 65.7. The monoisotopic (exact) mass is 1350 g/mol. The third kappa shape index (κ3) is 15.0. The van der Waals surface area contributed by atoms with Crippen molar-refractivity contribution in [3.63, 3.8) is 0 Å². The normalized spacial score (nSPS) is 18.4. The Morgan fingerprint density at radius 2 is 1.36 bits per heavy atom. The van der Waals surface area contributed by atoms with Crippen LogP contribution in [-0.2, 0) is 30.3 Å². The minimum absolute atomic E-state index is 0.0211. The number of nitrogens with two attached hydrogens (primary N) is 2. The van der Waals surface area contributed by atoms with Gasteiger partial charge in [0, 0.05) is 74.0 Å². The highest BCUT2D eigenvalue weighted by Gasteiger charge is 2.36. The van der Waals surface area contributed by atoms with Crippen LogP contribution in [0.15, 0.2) is 118 Å². The summed E-state index contributed by atoms with van der Waals surface area (Å²) in [6, 6.07) is 14.3.